The van der Waals surface area contributed by atoms with Gasteiger partial charge < -0.3 is 24.0 Å². The molecule has 1 amide bonds. The normalized spacial score (nSPS) is 17.0. The third-order valence-corrected chi connectivity index (χ3v) is 4.84. The maximum absolute atomic E-state index is 12.7. The first kappa shape index (κ1) is 17.5. The van der Waals surface area contributed by atoms with Gasteiger partial charge in [0.15, 0.2) is 5.82 Å². The van der Waals surface area contributed by atoms with Gasteiger partial charge in [-0.1, -0.05) is 5.16 Å². The number of carbonyl (C=O) groups excluding carboxylic acids is 1. The van der Waals surface area contributed by atoms with Crippen molar-refractivity contribution in [2.24, 2.45) is 7.05 Å². The summed E-state index contributed by atoms with van der Waals surface area (Å²) in [6, 6.07) is 5.49. The number of amides is 1. The molecule has 1 aliphatic rings. The van der Waals surface area contributed by atoms with E-state index in [0.29, 0.717) is 23.8 Å². The molecule has 142 valence electrons. The minimum Gasteiger partial charge on any atom is -0.391 e. The van der Waals surface area contributed by atoms with Crippen molar-refractivity contribution in [1.82, 2.24) is 24.6 Å². The summed E-state index contributed by atoms with van der Waals surface area (Å²) in [5.41, 5.74) is 2.24. The largest absolute Gasteiger partial charge is 0.391 e. The zero-order valence-electron chi connectivity index (χ0n) is 15.6. The van der Waals surface area contributed by atoms with Crippen molar-refractivity contribution < 1.29 is 14.4 Å². The van der Waals surface area contributed by atoms with Crippen molar-refractivity contribution in [2.45, 2.75) is 26.0 Å². The average Bonchev–Trinajstić information content (AvgIpc) is 3.33. The Labute approximate surface area is 156 Å². The molecule has 1 aliphatic heterocycles. The number of benzene rings is 1. The van der Waals surface area contributed by atoms with E-state index < -0.39 is 0 Å². The SMILES string of the molecule is Cc1noc(CN(C)C(=O)c2ccc3c(c2)nc(N2CC[C@H](O)C2)n3C)n1. The van der Waals surface area contributed by atoms with E-state index in [9.17, 15) is 9.90 Å². The van der Waals surface area contributed by atoms with Crippen LogP contribution in [0.15, 0.2) is 22.7 Å². The zero-order chi connectivity index (χ0) is 19.1. The molecule has 0 aliphatic carbocycles. The van der Waals surface area contributed by atoms with E-state index in [4.69, 9.17) is 4.52 Å². The summed E-state index contributed by atoms with van der Waals surface area (Å²) in [7, 11) is 3.64. The number of β-amino-alcohol motifs (C(OH)–C–C–N with tert-alkyl or cyclic N) is 1. The summed E-state index contributed by atoms with van der Waals surface area (Å²) in [6.45, 7) is 3.34. The minimum atomic E-state index is -0.316. The van der Waals surface area contributed by atoms with Crippen molar-refractivity contribution in [2.75, 3.05) is 25.0 Å². The second kappa shape index (κ2) is 6.66. The summed E-state index contributed by atoms with van der Waals surface area (Å²) >= 11 is 0. The molecule has 1 N–H and O–H groups in total. The fraction of sp³-hybridized carbons (Fsp3) is 0.444. The van der Waals surface area contributed by atoms with Crippen LogP contribution in [0.1, 0.15) is 28.5 Å². The molecule has 9 heteroatoms. The Kier molecular flexibility index (Phi) is 4.31. The number of imidazole rings is 1. The Morgan fingerprint density at radius 3 is 2.89 bits per heavy atom. The van der Waals surface area contributed by atoms with Crippen LogP contribution in [0.5, 0.6) is 0 Å². The molecule has 4 rings (SSSR count). The molecule has 9 nitrogen and oxygen atoms in total. The standard InChI is InChI=1S/C18H22N6O3/c1-11-19-16(27-21-11)10-22(2)17(26)12-4-5-15-14(8-12)20-18(23(15)3)24-7-6-13(25)9-24/h4-5,8,13,25H,6-7,9-10H2,1-3H3/t13-/m0/s1. The maximum atomic E-state index is 12.7. The highest BCUT2D eigenvalue weighted by Crippen LogP contribution is 2.25. The van der Waals surface area contributed by atoms with Gasteiger partial charge in [-0.15, -0.1) is 0 Å². The highest BCUT2D eigenvalue weighted by Gasteiger charge is 2.25. The molecule has 1 fully saturated rings. The number of aryl methyl sites for hydroxylation is 2. The molecule has 1 aromatic carbocycles. The van der Waals surface area contributed by atoms with Crippen molar-refractivity contribution >= 4 is 22.9 Å². The Bertz CT molecular complexity index is 994. The van der Waals surface area contributed by atoms with Crippen LogP contribution in [0, 0.1) is 6.92 Å². The first-order valence-corrected chi connectivity index (χ1v) is 8.86. The summed E-state index contributed by atoms with van der Waals surface area (Å²) in [5.74, 6) is 1.61. The Balaban J connectivity index is 1.58. The number of fused-ring (bicyclic) bond motifs is 1. The van der Waals surface area contributed by atoms with E-state index in [-0.39, 0.29) is 18.6 Å². The summed E-state index contributed by atoms with van der Waals surface area (Å²) in [4.78, 5) is 25.2. The lowest BCUT2D eigenvalue weighted by molar-refractivity contribution is 0.0769. The summed E-state index contributed by atoms with van der Waals surface area (Å²) in [5, 5.41) is 13.5. The quantitative estimate of drug-likeness (QED) is 0.734. The van der Waals surface area contributed by atoms with Gasteiger partial charge in [-0.25, -0.2) is 4.98 Å². The predicted octanol–water partition coefficient (Wildman–Crippen LogP) is 1.11. The maximum Gasteiger partial charge on any atom is 0.254 e. The molecule has 3 heterocycles. The third-order valence-electron chi connectivity index (χ3n) is 4.84. The number of anilines is 1. The molecule has 0 bridgehead atoms. The molecule has 27 heavy (non-hydrogen) atoms. The van der Waals surface area contributed by atoms with Crippen LogP contribution in [0.2, 0.25) is 0 Å². The topological polar surface area (TPSA) is 101 Å². The highest BCUT2D eigenvalue weighted by atomic mass is 16.5. The van der Waals surface area contributed by atoms with Crippen LogP contribution in [-0.2, 0) is 13.6 Å². The van der Waals surface area contributed by atoms with E-state index in [0.717, 1.165) is 29.9 Å². The van der Waals surface area contributed by atoms with Gasteiger partial charge in [0.2, 0.25) is 11.8 Å². The average molecular weight is 370 g/mol. The molecule has 0 unspecified atom stereocenters. The van der Waals surface area contributed by atoms with Gasteiger partial charge in [0.25, 0.3) is 5.91 Å². The minimum absolute atomic E-state index is 0.142. The van der Waals surface area contributed by atoms with Gasteiger partial charge in [0.05, 0.1) is 23.7 Å². The van der Waals surface area contributed by atoms with E-state index in [1.165, 1.54) is 4.90 Å². The zero-order valence-corrected chi connectivity index (χ0v) is 15.6. The summed E-state index contributed by atoms with van der Waals surface area (Å²) < 4.78 is 7.07. The number of hydrogen-bond acceptors (Lipinski definition) is 7. The lowest BCUT2D eigenvalue weighted by Crippen LogP contribution is -2.26. The molecule has 1 saturated heterocycles. The van der Waals surface area contributed by atoms with Crippen LogP contribution < -0.4 is 4.90 Å². The van der Waals surface area contributed by atoms with Gasteiger partial charge in [0.1, 0.15) is 0 Å². The second-order valence-electron chi connectivity index (χ2n) is 6.96. The van der Waals surface area contributed by atoms with Crippen molar-refractivity contribution in [1.29, 1.82) is 0 Å². The Hall–Kier alpha value is -2.94. The van der Waals surface area contributed by atoms with E-state index in [1.807, 2.05) is 17.7 Å². The van der Waals surface area contributed by atoms with Crippen molar-refractivity contribution in [3.63, 3.8) is 0 Å². The van der Waals surface area contributed by atoms with Crippen LogP contribution in [0.4, 0.5) is 5.95 Å². The summed E-state index contributed by atoms with van der Waals surface area (Å²) in [6.07, 6.45) is 0.427. The van der Waals surface area contributed by atoms with Gasteiger partial charge in [-0.2, -0.15) is 4.98 Å². The number of carbonyl (C=O) groups is 1. The highest BCUT2D eigenvalue weighted by molar-refractivity contribution is 5.97. The lowest BCUT2D eigenvalue weighted by Gasteiger charge is -2.16. The number of aliphatic hydroxyl groups is 1. The molecule has 3 aromatic rings. The van der Waals surface area contributed by atoms with Crippen molar-refractivity contribution in [3.8, 4) is 0 Å². The lowest BCUT2D eigenvalue weighted by atomic mass is 10.1. The monoisotopic (exact) mass is 370 g/mol. The third kappa shape index (κ3) is 3.25. The van der Waals surface area contributed by atoms with E-state index in [1.54, 1.807) is 26.1 Å². The molecular weight excluding hydrogens is 348 g/mol. The smallest absolute Gasteiger partial charge is 0.254 e. The Morgan fingerprint density at radius 1 is 1.41 bits per heavy atom. The fourth-order valence-corrected chi connectivity index (χ4v) is 3.43. The fourth-order valence-electron chi connectivity index (χ4n) is 3.43. The molecule has 2 aromatic heterocycles. The van der Waals surface area contributed by atoms with Crippen LogP contribution in [-0.4, -0.2) is 61.8 Å². The van der Waals surface area contributed by atoms with Gasteiger partial charge in [-0.05, 0) is 31.5 Å². The Morgan fingerprint density at radius 2 is 2.22 bits per heavy atom. The molecular formula is C18H22N6O3. The van der Waals surface area contributed by atoms with Gasteiger partial charge in [-0.3, -0.25) is 4.79 Å². The van der Waals surface area contributed by atoms with E-state index in [2.05, 4.69) is 20.0 Å². The van der Waals surface area contributed by atoms with E-state index >= 15 is 0 Å². The number of nitrogens with zero attached hydrogens (tertiary/aromatic N) is 6. The number of rotatable bonds is 4. The van der Waals surface area contributed by atoms with Gasteiger partial charge in [0, 0.05) is 32.7 Å². The second-order valence-corrected chi connectivity index (χ2v) is 6.96. The first-order valence-electron chi connectivity index (χ1n) is 8.86. The van der Waals surface area contributed by atoms with Crippen LogP contribution in [0.25, 0.3) is 11.0 Å². The molecule has 0 spiro atoms. The van der Waals surface area contributed by atoms with Gasteiger partial charge >= 0.3 is 0 Å². The van der Waals surface area contributed by atoms with Crippen LogP contribution >= 0.6 is 0 Å². The molecule has 0 saturated carbocycles. The molecule has 1 atom stereocenters. The molecule has 0 radical (unpaired) electrons. The first-order chi connectivity index (χ1) is 12.9. The number of aliphatic hydroxyl groups excluding tert-OH is 1. The van der Waals surface area contributed by atoms with Crippen molar-refractivity contribution in [3.05, 3.63) is 35.5 Å². The number of aromatic nitrogens is 4. The predicted molar refractivity (Wildman–Crippen MR) is 98.4 cm³/mol. The number of hydrogen-bond donors (Lipinski definition) is 1. The van der Waals surface area contributed by atoms with Crippen LogP contribution in [0.3, 0.4) is 0 Å².